The molecule has 0 unspecified atom stereocenters. The van der Waals surface area contributed by atoms with Crippen LogP contribution < -0.4 is 10.2 Å². The van der Waals surface area contributed by atoms with Gasteiger partial charge >= 0.3 is 0 Å². The maximum Gasteiger partial charge on any atom is 0.232 e. The van der Waals surface area contributed by atoms with Crippen LogP contribution in [0.25, 0.3) is 0 Å². The van der Waals surface area contributed by atoms with Gasteiger partial charge in [-0.1, -0.05) is 24.3 Å². The van der Waals surface area contributed by atoms with Gasteiger partial charge in [-0.05, 0) is 43.5 Å². The van der Waals surface area contributed by atoms with Crippen LogP contribution in [-0.4, -0.2) is 16.5 Å². The molecule has 0 spiro atoms. The Morgan fingerprint density at radius 1 is 1.00 bits per heavy atom. The van der Waals surface area contributed by atoms with Crippen molar-refractivity contribution in [3.63, 3.8) is 0 Å². The van der Waals surface area contributed by atoms with Gasteiger partial charge in [-0.2, -0.15) is 4.98 Å². The number of aromatic nitrogens is 2. The van der Waals surface area contributed by atoms with Gasteiger partial charge in [0.25, 0.3) is 0 Å². The summed E-state index contributed by atoms with van der Waals surface area (Å²) in [6.07, 6.45) is 2.02. The second-order valence-corrected chi connectivity index (χ2v) is 6.30. The van der Waals surface area contributed by atoms with Gasteiger partial charge in [0.05, 0.1) is 0 Å². The molecule has 4 nitrogen and oxygen atoms in total. The predicted molar refractivity (Wildman–Crippen MR) is 98.2 cm³/mol. The molecule has 0 saturated heterocycles. The van der Waals surface area contributed by atoms with E-state index in [9.17, 15) is 8.78 Å². The SMILES string of the molecule is Cc1cc(Nc2c(F)cccc2F)nc(N2CCCc3ccccc32)n1. The lowest BCUT2D eigenvalue weighted by molar-refractivity contribution is 0.590. The van der Waals surface area contributed by atoms with E-state index in [0.29, 0.717) is 11.8 Å². The summed E-state index contributed by atoms with van der Waals surface area (Å²) in [6, 6.07) is 13.6. The summed E-state index contributed by atoms with van der Waals surface area (Å²) >= 11 is 0. The van der Waals surface area contributed by atoms with Crippen molar-refractivity contribution in [1.29, 1.82) is 0 Å². The highest BCUT2D eigenvalue weighted by Gasteiger charge is 2.21. The van der Waals surface area contributed by atoms with E-state index in [1.165, 1.54) is 23.8 Å². The number of aryl methyl sites for hydroxylation is 2. The number of rotatable bonds is 3. The molecular formula is C20H18F2N4. The molecule has 0 aliphatic carbocycles. The Morgan fingerprint density at radius 3 is 2.58 bits per heavy atom. The lowest BCUT2D eigenvalue weighted by Crippen LogP contribution is -2.26. The highest BCUT2D eigenvalue weighted by Crippen LogP contribution is 2.32. The second kappa shape index (κ2) is 6.71. The molecule has 2 heterocycles. The summed E-state index contributed by atoms with van der Waals surface area (Å²) < 4.78 is 27.9. The molecule has 0 atom stereocenters. The molecule has 0 radical (unpaired) electrons. The lowest BCUT2D eigenvalue weighted by atomic mass is 10.0. The summed E-state index contributed by atoms with van der Waals surface area (Å²) in [4.78, 5) is 11.1. The molecule has 0 amide bonds. The minimum atomic E-state index is -0.661. The third kappa shape index (κ3) is 3.10. The molecule has 1 aliphatic heterocycles. The first-order valence-corrected chi connectivity index (χ1v) is 8.54. The van der Waals surface area contributed by atoms with Gasteiger partial charge in [-0.3, -0.25) is 0 Å². The van der Waals surface area contributed by atoms with Crippen molar-refractivity contribution in [3.05, 3.63) is 71.4 Å². The number of hydrogen-bond donors (Lipinski definition) is 1. The minimum absolute atomic E-state index is 0.212. The zero-order valence-electron chi connectivity index (χ0n) is 14.3. The van der Waals surface area contributed by atoms with Crippen LogP contribution in [0.3, 0.4) is 0 Å². The van der Waals surface area contributed by atoms with E-state index in [1.54, 1.807) is 6.07 Å². The number of hydrogen-bond acceptors (Lipinski definition) is 4. The highest BCUT2D eigenvalue weighted by molar-refractivity contribution is 5.66. The van der Waals surface area contributed by atoms with Crippen LogP contribution in [0.5, 0.6) is 0 Å². The maximum atomic E-state index is 13.9. The van der Waals surface area contributed by atoms with Gasteiger partial charge in [0.15, 0.2) is 0 Å². The summed E-state index contributed by atoms with van der Waals surface area (Å²) in [5.41, 5.74) is 2.83. The largest absolute Gasteiger partial charge is 0.335 e. The molecule has 3 aromatic rings. The van der Waals surface area contributed by atoms with Crippen LogP contribution in [0, 0.1) is 18.6 Å². The van der Waals surface area contributed by atoms with Crippen LogP contribution in [0.1, 0.15) is 17.7 Å². The van der Waals surface area contributed by atoms with Crippen molar-refractivity contribution in [3.8, 4) is 0 Å². The molecule has 6 heteroatoms. The summed E-state index contributed by atoms with van der Waals surface area (Å²) in [5.74, 6) is -0.437. The number of fused-ring (bicyclic) bond motifs is 1. The van der Waals surface area contributed by atoms with Crippen LogP contribution >= 0.6 is 0 Å². The van der Waals surface area contributed by atoms with Crippen LogP contribution in [0.2, 0.25) is 0 Å². The van der Waals surface area contributed by atoms with E-state index in [-0.39, 0.29) is 5.69 Å². The van der Waals surface area contributed by atoms with E-state index in [4.69, 9.17) is 0 Å². The molecule has 1 aliphatic rings. The van der Waals surface area contributed by atoms with Crippen molar-refractivity contribution in [2.75, 3.05) is 16.8 Å². The van der Waals surface area contributed by atoms with Crippen molar-refractivity contribution in [2.24, 2.45) is 0 Å². The monoisotopic (exact) mass is 352 g/mol. The summed E-state index contributed by atoms with van der Waals surface area (Å²) in [5, 5.41) is 2.76. The molecule has 26 heavy (non-hydrogen) atoms. The average molecular weight is 352 g/mol. The van der Waals surface area contributed by atoms with Crippen molar-refractivity contribution in [2.45, 2.75) is 19.8 Å². The van der Waals surface area contributed by atoms with E-state index >= 15 is 0 Å². The molecule has 2 aromatic carbocycles. The average Bonchev–Trinajstić information content (AvgIpc) is 2.64. The molecule has 1 N–H and O–H groups in total. The fraction of sp³-hybridized carbons (Fsp3) is 0.200. The third-order valence-corrected chi connectivity index (χ3v) is 4.41. The smallest absolute Gasteiger partial charge is 0.232 e. The molecule has 0 fully saturated rings. The molecular weight excluding hydrogens is 334 g/mol. The van der Waals surface area contributed by atoms with Crippen molar-refractivity contribution < 1.29 is 8.78 Å². The highest BCUT2D eigenvalue weighted by atomic mass is 19.1. The predicted octanol–water partition coefficient (Wildman–Crippen LogP) is 4.89. The van der Waals surface area contributed by atoms with E-state index in [1.807, 2.05) is 25.1 Å². The number of nitrogens with one attached hydrogen (secondary N) is 1. The summed E-state index contributed by atoms with van der Waals surface area (Å²) in [6.45, 7) is 2.64. The van der Waals surface area contributed by atoms with Crippen molar-refractivity contribution >= 4 is 23.1 Å². The third-order valence-electron chi connectivity index (χ3n) is 4.41. The van der Waals surface area contributed by atoms with Gasteiger partial charge in [-0.15, -0.1) is 0 Å². The lowest BCUT2D eigenvalue weighted by Gasteiger charge is -2.29. The molecule has 1 aromatic heterocycles. The first-order valence-electron chi connectivity index (χ1n) is 8.54. The van der Waals surface area contributed by atoms with Gasteiger partial charge in [-0.25, -0.2) is 13.8 Å². The normalized spacial score (nSPS) is 13.4. The number of anilines is 4. The van der Waals surface area contributed by atoms with Gasteiger partial charge < -0.3 is 10.2 Å². The van der Waals surface area contributed by atoms with E-state index in [2.05, 4.69) is 26.3 Å². The second-order valence-electron chi connectivity index (χ2n) is 6.30. The zero-order valence-corrected chi connectivity index (χ0v) is 14.3. The van der Waals surface area contributed by atoms with Gasteiger partial charge in [0.1, 0.15) is 23.1 Å². The first kappa shape index (κ1) is 16.4. The van der Waals surface area contributed by atoms with Crippen LogP contribution in [0.15, 0.2) is 48.5 Å². The molecule has 0 bridgehead atoms. The number of para-hydroxylation sites is 2. The Morgan fingerprint density at radius 2 is 1.77 bits per heavy atom. The summed E-state index contributed by atoms with van der Waals surface area (Å²) in [7, 11) is 0. The van der Waals surface area contributed by atoms with Crippen LogP contribution in [-0.2, 0) is 6.42 Å². The Balaban J connectivity index is 1.72. The van der Waals surface area contributed by atoms with Crippen LogP contribution in [0.4, 0.5) is 31.9 Å². The fourth-order valence-electron chi connectivity index (χ4n) is 3.22. The fourth-order valence-corrected chi connectivity index (χ4v) is 3.22. The Bertz CT molecular complexity index is 938. The molecule has 132 valence electrons. The van der Waals surface area contributed by atoms with E-state index in [0.717, 1.165) is 30.8 Å². The topological polar surface area (TPSA) is 41.1 Å². The van der Waals surface area contributed by atoms with E-state index < -0.39 is 11.6 Å². The van der Waals surface area contributed by atoms with Gasteiger partial charge in [0, 0.05) is 24.0 Å². The Hall–Kier alpha value is -3.02. The Kier molecular flexibility index (Phi) is 4.24. The van der Waals surface area contributed by atoms with Crippen molar-refractivity contribution in [1.82, 2.24) is 9.97 Å². The number of benzene rings is 2. The zero-order chi connectivity index (χ0) is 18.1. The number of nitrogens with zero attached hydrogens (tertiary/aromatic N) is 3. The molecule has 4 rings (SSSR count). The first-order chi connectivity index (χ1) is 12.6. The molecule has 0 saturated carbocycles. The van der Waals surface area contributed by atoms with Gasteiger partial charge in [0.2, 0.25) is 5.95 Å². The quantitative estimate of drug-likeness (QED) is 0.729. The number of halogens is 2. The minimum Gasteiger partial charge on any atom is -0.335 e. The standard InChI is InChI=1S/C20H18F2N4/c1-13-12-18(24-19-15(21)8-4-9-16(19)22)25-20(23-13)26-11-5-7-14-6-2-3-10-17(14)26/h2-4,6,8-10,12H,5,7,11H2,1H3,(H,23,24,25). The Labute approximate surface area is 150 Å². The maximum absolute atomic E-state index is 13.9.